The normalized spacial score (nSPS) is 10.5. The summed E-state index contributed by atoms with van der Waals surface area (Å²) >= 11 is 0. The van der Waals surface area contributed by atoms with Gasteiger partial charge in [0.05, 0.1) is 19.1 Å². The van der Waals surface area contributed by atoms with Gasteiger partial charge in [-0.3, -0.25) is 14.9 Å². The molecule has 23 heavy (non-hydrogen) atoms. The first-order valence-corrected chi connectivity index (χ1v) is 6.74. The molecule has 0 atom stereocenters. The number of carbonyl (C=O) groups is 1. The van der Waals surface area contributed by atoms with Gasteiger partial charge in [0.25, 0.3) is 5.69 Å². The first-order valence-electron chi connectivity index (χ1n) is 6.74. The van der Waals surface area contributed by atoms with E-state index in [2.05, 4.69) is 0 Å². The van der Waals surface area contributed by atoms with Gasteiger partial charge in [0.15, 0.2) is 17.3 Å². The van der Waals surface area contributed by atoms with E-state index in [1.165, 1.54) is 44.6 Å². The molecule has 2 aromatic carbocycles. The summed E-state index contributed by atoms with van der Waals surface area (Å²) in [5.74, 6) is 0.838. The third-order valence-electron chi connectivity index (χ3n) is 3.21. The van der Waals surface area contributed by atoms with Gasteiger partial charge in [-0.15, -0.1) is 0 Å². The minimum Gasteiger partial charge on any atom is -0.493 e. The van der Waals surface area contributed by atoms with Gasteiger partial charge in [-0.25, -0.2) is 0 Å². The summed E-state index contributed by atoms with van der Waals surface area (Å²) in [4.78, 5) is 22.2. The molecule has 6 nitrogen and oxygen atoms in total. The van der Waals surface area contributed by atoms with Crippen molar-refractivity contribution in [3.8, 4) is 11.5 Å². The number of hydrogen-bond donors (Lipinski definition) is 0. The molecule has 0 amide bonds. The Kier molecular flexibility index (Phi) is 5.09. The van der Waals surface area contributed by atoms with Crippen molar-refractivity contribution in [2.24, 2.45) is 0 Å². The van der Waals surface area contributed by atoms with Gasteiger partial charge in [0, 0.05) is 23.3 Å². The number of carbonyl (C=O) groups excluding carboxylic acids is 1. The van der Waals surface area contributed by atoms with Crippen molar-refractivity contribution < 1.29 is 19.2 Å². The highest BCUT2D eigenvalue weighted by molar-refractivity contribution is 6.07. The lowest BCUT2D eigenvalue weighted by Crippen LogP contribution is -1.96. The molecule has 0 aromatic heterocycles. The lowest BCUT2D eigenvalue weighted by Gasteiger charge is -2.09. The average Bonchev–Trinajstić information content (AvgIpc) is 2.59. The molecule has 0 heterocycles. The molecular weight excluding hydrogens is 298 g/mol. The van der Waals surface area contributed by atoms with Crippen LogP contribution < -0.4 is 9.47 Å². The monoisotopic (exact) mass is 313 g/mol. The van der Waals surface area contributed by atoms with Gasteiger partial charge in [-0.05, 0) is 30.4 Å². The number of ketones is 1. The van der Waals surface area contributed by atoms with Crippen LogP contribution in [0.15, 0.2) is 48.5 Å². The molecule has 0 aliphatic rings. The maximum Gasteiger partial charge on any atom is 0.269 e. The predicted octanol–water partition coefficient (Wildman–Crippen LogP) is 3.51. The van der Waals surface area contributed by atoms with Crippen LogP contribution >= 0.6 is 0 Å². The first-order chi connectivity index (χ1) is 11.1. The van der Waals surface area contributed by atoms with Crippen molar-refractivity contribution in [1.29, 1.82) is 0 Å². The summed E-state index contributed by atoms with van der Waals surface area (Å²) in [6.07, 6.45) is 3.00. The van der Waals surface area contributed by atoms with E-state index in [4.69, 9.17) is 9.47 Å². The number of methoxy groups -OCH3 is 2. The van der Waals surface area contributed by atoms with Gasteiger partial charge in [0.1, 0.15) is 0 Å². The number of ether oxygens (including phenoxy) is 2. The maximum absolute atomic E-state index is 12.1. The van der Waals surface area contributed by atoms with Gasteiger partial charge in [-0.2, -0.15) is 0 Å². The molecule has 0 fully saturated rings. The maximum atomic E-state index is 12.1. The lowest BCUT2D eigenvalue weighted by atomic mass is 10.1. The Morgan fingerprint density at radius 1 is 1.09 bits per heavy atom. The van der Waals surface area contributed by atoms with E-state index in [1.54, 1.807) is 24.3 Å². The van der Waals surface area contributed by atoms with Crippen molar-refractivity contribution in [2.75, 3.05) is 14.2 Å². The molecule has 0 unspecified atom stereocenters. The SMILES string of the molecule is COc1cccc(/C=C\C(=O)c2ccc([N+](=O)[O-])cc2)c1OC. The third kappa shape index (κ3) is 3.74. The van der Waals surface area contributed by atoms with E-state index in [1.807, 2.05) is 0 Å². The zero-order chi connectivity index (χ0) is 16.8. The summed E-state index contributed by atoms with van der Waals surface area (Å²) in [6, 6.07) is 10.8. The Hall–Kier alpha value is -3.15. The molecule has 0 aliphatic heterocycles. The van der Waals surface area contributed by atoms with E-state index in [-0.39, 0.29) is 11.5 Å². The standard InChI is InChI=1S/C17H15NO5/c1-22-16-5-3-4-13(17(16)23-2)8-11-15(19)12-6-9-14(10-7-12)18(20)21/h3-11H,1-2H3/b11-8-. The predicted molar refractivity (Wildman–Crippen MR) is 86.0 cm³/mol. The molecular formula is C17H15NO5. The Morgan fingerprint density at radius 3 is 2.35 bits per heavy atom. The highest BCUT2D eigenvalue weighted by Crippen LogP contribution is 2.31. The lowest BCUT2D eigenvalue weighted by molar-refractivity contribution is -0.384. The molecule has 118 valence electrons. The highest BCUT2D eigenvalue weighted by Gasteiger charge is 2.09. The first kappa shape index (κ1) is 16.2. The topological polar surface area (TPSA) is 78.7 Å². The molecule has 0 aliphatic carbocycles. The Morgan fingerprint density at radius 2 is 1.78 bits per heavy atom. The van der Waals surface area contributed by atoms with E-state index in [0.29, 0.717) is 22.6 Å². The van der Waals surface area contributed by atoms with Crippen LogP contribution in [0.1, 0.15) is 15.9 Å². The fourth-order valence-electron chi connectivity index (χ4n) is 2.05. The largest absolute Gasteiger partial charge is 0.493 e. The second-order valence-corrected chi connectivity index (χ2v) is 4.58. The van der Waals surface area contributed by atoms with Crippen LogP contribution in [-0.2, 0) is 0 Å². The van der Waals surface area contributed by atoms with Gasteiger partial charge in [-0.1, -0.05) is 12.1 Å². The summed E-state index contributed by atoms with van der Waals surface area (Å²) in [6.45, 7) is 0. The number of para-hydroxylation sites is 1. The second-order valence-electron chi connectivity index (χ2n) is 4.58. The molecule has 0 N–H and O–H groups in total. The van der Waals surface area contributed by atoms with Crippen LogP contribution in [0.4, 0.5) is 5.69 Å². The Labute approximate surface area is 133 Å². The van der Waals surface area contributed by atoms with Crippen molar-refractivity contribution in [1.82, 2.24) is 0 Å². The van der Waals surface area contributed by atoms with Gasteiger partial charge in [0.2, 0.25) is 0 Å². The summed E-state index contributed by atoms with van der Waals surface area (Å²) in [5, 5.41) is 10.6. The number of nitro groups is 1. The van der Waals surface area contributed by atoms with Crippen molar-refractivity contribution >= 4 is 17.5 Å². The third-order valence-corrected chi connectivity index (χ3v) is 3.21. The number of non-ortho nitro benzene ring substituents is 1. The number of hydrogen-bond acceptors (Lipinski definition) is 5. The number of allylic oxidation sites excluding steroid dienone is 1. The van der Waals surface area contributed by atoms with E-state index in [0.717, 1.165) is 0 Å². The molecule has 0 bridgehead atoms. The average molecular weight is 313 g/mol. The summed E-state index contributed by atoms with van der Waals surface area (Å²) in [5.41, 5.74) is 1.01. The van der Waals surface area contributed by atoms with Crippen LogP contribution in [0.3, 0.4) is 0 Å². The highest BCUT2D eigenvalue weighted by atomic mass is 16.6. The van der Waals surface area contributed by atoms with Crippen LogP contribution in [-0.4, -0.2) is 24.9 Å². The summed E-state index contributed by atoms with van der Waals surface area (Å²) in [7, 11) is 3.06. The Bertz CT molecular complexity index is 750. The van der Waals surface area contributed by atoms with E-state index in [9.17, 15) is 14.9 Å². The second kappa shape index (κ2) is 7.22. The number of nitro benzene ring substituents is 1. The molecule has 0 saturated carbocycles. The molecule has 6 heteroatoms. The zero-order valence-corrected chi connectivity index (χ0v) is 12.7. The van der Waals surface area contributed by atoms with Crippen LogP contribution in [0, 0.1) is 10.1 Å². The number of benzene rings is 2. The van der Waals surface area contributed by atoms with Crippen LogP contribution in [0.5, 0.6) is 11.5 Å². The van der Waals surface area contributed by atoms with Crippen LogP contribution in [0.2, 0.25) is 0 Å². The number of rotatable bonds is 6. The molecule has 0 saturated heterocycles. The minimum atomic E-state index is -0.509. The smallest absolute Gasteiger partial charge is 0.269 e. The van der Waals surface area contributed by atoms with E-state index >= 15 is 0 Å². The van der Waals surface area contributed by atoms with Crippen LogP contribution in [0.25, 0.3) is 6.08 Å². The van der Waals surface area contributed by atoms with E-state index < -0.39 is 4.92 Å². The summed E-state index contributed by atoms with van der Waals surface area (Å²) < 4.78 is 10.5. The fourth-order valence-corrected chi connectivity index (χ4v) is 2.05. The van der Waals surface area contributed by atoms with Crippen molar-refractivity contribution in [3.63, 3.8) is 0 Å². The minimum absolute atomic E-state index is 0.0556. The number of nitrogens with zero attached hydrogens (tertiary/aromatic N) is 1. The van der Waals surface area contributed by atoms with Gasteiger partial charge < -0.3 is 9.47 Å². The van der Waals surface area contributed by atoms with Gasteiger partial charge >= 0.3 is 0 Å². The molecule has 0 radical (unpaired) electrons. The molecule has 2 aromatic rings. The quantitative estimate of drug-likeness (QED) is 0.353. The Balaban J connectivity index is 2.23. The molecule has 2 rings (SSSR count). The zero-order valence-electron chi connectivity index (χ0n) is 12.7. The fraction of sp³-hybridized carbons (Fsp3) is 0.118. The van der Waals surface area contributed by atoms with Crippen molar-refractivity contribution in [3.05, 3.63) is 69.8 Å². The molecule has 0 spiro atoms. The van der Waals surface area contributed by atoms with Crippen molar-refractivity contribution in [2.45, 2.75) is 0 Å².